The number of carbonyl (C=O) groups excluding carboxylic acids is 1. The lowest BCUT2D eigenvalue weighted by Crippen LogP contribution is -1.99. The van der Waals surface area contributed by atoms with Crippen LogP contribution in [0, 0.1) is 5.82 Å². The van der Waals surface area contributed by atoms with Gasteiger partial charge in [0.25, 0.3) is 5.76 Å². The standard InChI is InChI=1S/C15H8ClF3O3S/c16-7-3-8(17)5-9(4-7)22-11-1-2-12(23-15(18)19)10-6-21-14(20)13(10)11/h1-5,15H,6H2. The van der Waals surface area contributed by atoms with Crippen LogP contribution in [0.4, 0.5) is 13.2 Å². The van der Waals surface area contributed by atoms with Crippen molar-refractivity contribution in [2.45, 2.75) is 17.3 Å². The van der Waals surface area contributed by atoms with Gasteiger partial charge in [-0.25, -0.2) is 9.18 Å². The van der Waals surface area contributed by atoms with Crippen LogP contribution in [0.5, 0.6) is 11.5 Å². The third-order valence-corrected chi connectivity index (χ3v) is 4.10. The third kappa shape index (κ3) is 3.40. The van der Waals surface area contributed by atoms with E-state index in [-0.39, 0.29) is 33.6 Å². The first-order valence-corrected chi connectivity index (χ1v) is 7.61. The summed E-state index contributed by atoms with van der Waals surface area (Å²) in [6, 6.07) is 6.36. The lowest BCUT2D eigenvalue weighted by atomic mass is 10.1. The largest absolute Gasteiger partial charge is 0.457 e. The average Bonchev–Trinajstić information content (AvgIpc) is 2.83. The summed E-state index contributed by atoms with van der Waals surface area (Å²) in [4.78, 5) is 12.1. The summed E-state index contributed by atoms with van der Waals surface area (Å²) in [5, 5.41) is 0.129. The van der Waals surface area contributed by atoms with Gasteiger partial charge in [0.1, 0.15) is 29.5 Å². The summed E-state index contributed by atoms with van der Waals surface area (Å²) in [5.74, 6) is -3.71. The van der Waals surface area contributed by atoms with E-state index in [9.17, 15) is 18.0 Å². The second kappa shape index (κ2) is 6.33. The fourth-order valence-electron chi connectivity index (χ4n) is 2.19. The number of ether oxygens (including phenoxy) is 2. The Morgan fingerprint density at radius 3 is 2.74 bits per heavy atom. The lowest BCUT2D eigenvalue weighted by Gasteiger charge is -2.11. The summed E-state index contributed by atoms with van der Waals surface area (Å²) < 4.78 is 48.9. The highest BCUT2D eigenvalue weighted by Gasteiger charge is 2.30. The van der Waals surface area contributed by atoms with E-state index < -0.39 is 17.5 Å². The van der Waals surface area contributed by atoms with Gasteiger partial charge in [0.2, 0.25) is 0 Å². The molecule has 0 saturated heterocycles. The Kier molecular flexibility index (Phi) is 4.41. The summed E-state index contributed by atoms with van der Waals surface area (Å²) in [6.07, 6.45) is 0. The van der Waals surface area contributed by atoms with E-state index in [0.29, 0.717) is 17.3 Å². The van der Waals surface area contributed by atoms with Crippen LogP contribution in [-0.2, 0) is 11.3 Å². The molecule has 0 radical (unpaired) electrons. The van der Waals surface area contributed by atoms with Crippen LogP contribution in [0.2, 0.25) is 5.02 Å². The zero-order valence-corrected chi connectivity index (χ0v) is 12.9. The molecule has 3 rings (SSSR count). The maximum Gasteiger partial charge on any atom is 0.342 e. The SMILES string of the molecule is O=C1OCc2c(SC(F)F)ccc(Oc3cc(F)cc(Cl)c3)c21. The minimum absolute atomic E-state index is 0.0658. The molecule has 3 nitrogen and oxygen atoms in total. The summed E-state index contributed by atoms with van der Waals surface area (Å²) in [7, 11) is 0. The molecule has 120 valence electrons. The topological polar surface area (TPSA) is 35.5 Å². The molecule has 0 amide bonds. The summed E-state index contributed by atoms with van der Waals surface area (Å²) in [6.45, 7) is -0.107. The zero-order valence-electron chi connectivity index (χ0n) is 11.3. The summed E-state index contributed by atoms with van der Waals surface area (Å²) in [5.41, 5.74) is 0.399. The van der Waals surface area contributed by atoms with Gasteiger partial charge in [-0.3, -0.25) is 0 Å². The van der Waals surface area contributed by atoms with Crippen LogP contribution >= 0.6 is 23.4 Å². The van der Waals surface area contributed by atoms with E-state index in [0.717, 1.165) is 12.1 Å². The molecule has 2 aromatic carbocycles. The van der Waals surface area contributed by atoms with Crippen molar-refractivity contribution in [2.75, 3.05) is 0 Å². The van der Waals surface area contributed by atoms with Gasteiger partial charge in [-0.15, -0.1) is 0 Å². The molecule has 0 saturated carbocycles. The van der Waals surface area contributed by atoms with Gasteiger partial charge in [-0.1, -0.05) is 23.4 Å². The van der Waals surface area contributed by atoms with Gasteiger partial charge in [-0.05, 0) is 24.3 Å². The number of hydrogen-bond donors (Lipinski definition) is 0. The molecule has 0 bridgehead atoms. The van der Waals surface area contributed by atoms with Gasteiger partial charge in [-0.2, -0.15) is 8.78 Å². The normalized spacial score (nSPS) is 13.2. The van der Waals surface area contributed by atoms with Gasteiger partial charge < -0.3 is 9.47 Å². The van der Waals surface area contributed by atoms with E-state index >= 15 is 0 Å². The molecule has 1 heterocycles. The Bertz CT molecular complexity index is 763. The highest BCUT2D eigenvalue weighted by Crippen LogP contribution is 2.40. The second-order valence-electron chi connectivity index (χ2n) is 4.58. The Morgan fingerprint density at radius 1 is 1.26 bits per heavy atom. The molecule has 0 unspecified atom stereocenters. The van der Waals surface area contributed by atoms with Gasteiger partial charge in [0, 0.05) is 21.5 Å². The minimum atomic E-state index is -2.62. The number of thioether (sulfide) groups is 1. The molecular weight excluding hydrogens is 353 g/mol. The van der Waals surface area contributed by atoms with Crippen molar-refractivity contribution in [2.24, 2.45) is 0 Å². The van der Waals surface area contributed by atoms with Crippen molar-refractivity contribution in [1.82, 2.24) is 0 Å². The number of benzene rings is 2. The van der Waals surface area contributed by atoms with Crippen molar-refractivity contribution >= 4 is 29.3 Å². The average molecular weight is 361 g/mol. The van der Waals surface area contributed by atoms with E-state index in [1.54, 1.807) is 0 Å². The number of rotatable bonds is 4. The number of alkyl halides is 2. The molecular formula is C15H8ClF3O3S. The molecule has 0 spiro atoms. The molecule has 0 fully saturated rings. The Labute approximate surface area is 138 Å². The van der Waals surface area contributed by atoms with Crippen LogP contribution in [0.15, 0.2) is 35.2 Å². The van der Waals surface area contributed by atoms with E-state index in [2.05, 4.69) is 0 Å². The van der Waals surface area contributed by atoms with Crippen molar-refractivity contribution in [1.29, 1.82) is 0 Å². The Balaban J connectivity index is 2.00. The van der Waals surface area contributed by atoms with Gasteiger partial charge in [0.15, 0.2) is 0 Å². The number of carbonyl (C=O) groups is 1. The highest BCUT2D eigenvalue weighted by molar-refractivity contribution is 7.99. The molecule has 0 atom stereocenters. The minimum Gasteiger partial charge on any atom is -0.457 e. The van der Waals surface area contributed by atoms with E-state index in [1.807, 2.05) is 0 Å². The van der Waals surface area contributed by atoms with Gasteiger partial charge in [0.05, 0.1) is 0 Å². The van der Waals surface area contributed by atoms with E-state index in [4.69, 9.17) is 21.1 Å². The highest BCUT2D eigenvalue weighted by atomic mass is 35.5. The van der Waals surface area contributed by atoms with Crippen molar-refractivity contribution in [3.8, 4) is 11.5 Å². The number of esters is 1. The smallest absolute Gasteiger partial charge is 0.342 e. The molecule has 1 aliphatic heterocycles. The maximum atomic E-state index is 13.3. The fourth-order valence-corrected chi connectivity index (χ4v) is 3.04. The molecule has 2 aromatic rings. The van der Waals surface area contributed by atoms with E-state index in [1.165, 1.54) is 18.2 Å². The van der Waals surface area contributed by atoms with Crippen LogP contribution in [0.25, 0.3) is 0 Å². The molecule has 0 N–H and O–H groups in total. The first-order chi connectivity index (χ1) is 10.9. The third-order valence-electron chi connectivity index (χ3n) is 3.06. The maximum absolute atomic E-state index is 13.3. The number of cyclic esters (lactones) is 1. The lowest BCUT2D eigenvalue weighted by molar-refractivity contribution is 0.0532. The van der Waals surface area contributed by atoms with Crippen LogP contribution in [-0.4, -0.2) is 11.7 Å². The molecule has 8 heteroatoms. The first-order valence-electron chi connectivity index (χ1n) is 6.36. The van der Waals surface area contributed by atoms with Crippen LogP contribution < -0.4 is 4.74 Å². The van der Waals surface area contributed by atoms with Crippen molar-refractivity contribution in [3.63, 3.8) is 0 Å². The number of hydrogen-bond acceptors (Lipinski definition) is 4. The number of halogens is 4. The van der Waals surface area contributed by atoms with Crippen LogP contribution in [0.1, 0.15) is 15.9 Å². The predicted molar refractivity (Wildman–Crippen MR) is 78.9 cm³/mol. The quantitative estimate of drug-likeness (QED) is 0.550. The molecule has 0 aliphatic carbocycles. The first kappa shape index (κ1) is 16.0. The number of fused-ring (bicyclic) bond motifs is 1. The second-order valence-corrected chi connectivity index (χ2v) is 6.05. The molecule has 23 heavy (non-hydrogen) atoms. The van der Waals surface area contributed by atoms with Crippen LogP contribution in [0.3, 0.4) is 0 Å². The van der Waals surface area contributed by atoms with Gasteiger partial charge >= 0.3 is 5.97 Å². The van der Waals surface area contributed by atoms with Crippen molar-refractivity contribution < 1.29 is 27.4 Å². The summed E-state index contributed by atoms with van der Waals surface area (Å²) >= 11 is 6.07. The zero-order chi connectivity index (χ0) is 16.6. The molecule has 1 aliphatic rings. The molecule has 0 aromatic heterocycles. The fraction of sp³-hybridized carbons (Fsp3) is 0.133. The Morgan fingerprint density at radius 2 is 2.04 bits per heavy atom. The Hall–Kier alpha value is -1.86. The monoisotopic (exact) mass is 360 g/mol. The predicted octanol–water partition coefficient (Wildman–Crippen LogP) is 5.26. The van der Waals surface area contributed by atoms with Crippen molar-refractivity contribution in [3.05, 3.63) is 52.3 Å².